The fourth-order valence-electron chi connectivity index (χ4n) is 0.813. The van der Waals surface area contributed by atoms with Gasteiger partial charge in [-0.05, 0) is 32.9 Å². The van der Waals surface area contributed by atoms with Crippen LogP contribution in [0, 0.1) is 0 Å². The van der Waals surface area contributed by atoms with Gasteiger partial charge in [0.05, 0.1) is 10.4 Å². The van der Waals surface area contributed by atoms with Crippen LogP contribution in [0.3, 0.4) is 0 Å². The number of para-hydroxylation sites is 2. The third-order valence-electron chi connectivity index (χ3n) is 1.66. The Morgan fingerprint density at radius 2 is 1.86 bits per heavy atom. The Morgan fingerprint density at radius 3 is 2.36 bits per heavy atom. The second-order valence-electron chi connectivity index (χ2n) is 4.00. The summed E-state index contributed by atoms with van der Waals surface area (Å²) >= 11 is 0. The average molecular weight is 213 g/mol. The summed E-state index contributed by atoms with van der Waals surface area (Å²) < 4.78 is 14.1. The van der Waals surface area contributed by atoms with Gasteiger partial charge in [0.2, 0.25) is 0 Å². The number of rotatable bonds is 2. The zero-order valence-corrected chi connectivity index (χ0v) is 9.39. The molecule has 0 amide bonds. The van der Waals surface area contributed by atoms with Gasteiger partial charge in [0.1, 0.15) is 16.7 Å². The molecule has 0 aliphatic carbocycles. The lowest BCUT2D eigenvalue weighted by Gasteiger charge is -2.19. The number of phenols is 1. The standard InChI is InChI=1S/C10H15NO2S/c1-10(2,3)14(13)11-8-6-4-5-7-9(8)12/h4-7,11-12H,1-3H3/t14-/m0/s1. The minimum atomic E-state index is -1.21. The van der Waals surface area contributed by atoms with E-state index in [0.717, 1.165) is 0 Å². The third-order valence-corrected chi connectivity index (χ3v) is 3.18. The third kappa shape index (κ3) is 2.73. The Kier molecular flexibility index (Phi) is 3.16. The van der Waals surface area contributed by atoms with Crippen LogP contribution in [0.15, 0.2) is 24.3 Å². The van der Waals surface area contributed by atoms with Gasteiger partial charge in [0, 0.05) is 0 Å². The molecule has 0 spiro atoms. The highest BCUT2D eigenvalue weighted by Gasteiger charge is 2.20. The van der Waals surface area contributed by atoms with E-state index in [2.05, 4.69) is 4.72 Å². The molecular formula is C10H15NO2S. The number of hydrogen-bond donors (Lipinski definition) is 2. The summed E-state index contributed by atoms with van der Waals surface area (Å²) in [5, 5.41) is 9.43. The maximum Gasteiger partial charge on any atom is 0.139 e. The number of aromatic hydroxyl groups is 1. The van der Waals surface area contributed by atoms with Crippen LogP contribution in [-0.4, -0.2) is 14.1 Å². The highest BCUT2D eigenvalue weighted by molar-refractivity contribution is 7.87. The normalized spacial score (nSPS) is 13.6. The molecule has 0 saturated heterocycles. The zero-order valence-electron chi connectivity index (χ0n) is 8.57. The van der Waals surface area contributed by atoms with Crippen LogP contribution in [0.2, 0.25) is 0 Å². The summed E-state index contributed by atoms with van der Waals surface area (Å²) in [6.07, 6.45) is 0. The molecule has 0 fully saturated rings. The first-order valence-electron chi connectivity index (χ1n) is 4.38. The molecule has 1 aromatic carbocycles. The molecule has 0 radical (unpaired) electrons. The molecule has 1 aromatic rings. The molecule has 1 atom stereocenters. The van der Waals surface area contributed by atoms with Gasteiger partial charge in [-0.3, -0.25) is 0 Å². The lowest BCUT2D eigenvalue weighted by atomic mass is 10.3. The van der Waals surface area contributed by atoms with Crippen molar-refractivity contribution in [1.29, 1.82) is 0 Å². The van der Waals surface area contributed by atoms with Crippen molar-refractivity contribution in [2.75, 3.05) is 4.72 Å². The molecule has 4 heteroatoms. The maximum absolute atomic E-state index is 11.7. The van der Waals surface area contributed by atoms with Gasteiger partial charge in [-0.15, -0.1) is 0 Å². The van der Waals surface area contributed by atoms with Crippen molar-refractivity contribution in [1.82, 2.24) is 0 Å². The van der Waals surface area contributed by atoms with Crippen LogP contribution in [0.4, 0.5) is 5.69 Å². The van der Waals surface area contributed by atoms with E-state index in [-0.39, 0.29) is 10.5 Å². The summed E-state index contributed by atoms with van der Waals surface area (Å²) in [5.74, 6) is 0.116. The van der Waals surface area contributed by atoms with Gasteiger partial charge in [0.25, 0.3) is 0 Å². The number of hydrogen-bond acceptors (Lipinski definition) is 2. The van der Waals surface area contributed by atoms with Crippen molar-refractivity contribution < 1.29 is 9.32 Å². The lowest BCUT2D eigenvalue weighted by molar-refractivity contribution is 0.478. The van der Waals surface area contributed by atoms with Crippen LogP contribution in [0.25, 0.3) is 0 Å². The Bertz CT molecular complexity index is 344. The predicted molar refractivity (Wildman–Crippen MR) is 59.6 cm³/mol. The van der Waals surface area contributed by atoms with E-state index in [1.807, 2.05) is 20.8 Å². The molecule has 0 aliphatic heterocycles. The first-order chi connectivity index (χ1) is 6.41. The van der Waals surface area contributed by atoms with E-state index in [1.165, 1.54) is 0 Å². The summed E-state index contributed by atoms with van der Waals surface area (Å²) in [6, 6.07) is 6.75. The highest BCUT2D eigenvalue weighted by Crippen LogP contribution is 2.24. The maximum atomic E-state index is 11.7. The second kappa shape index (κ2) is 4.00. The Hall–Kier alpha value is -1.03. The molecule has 0 bridgehead atoms. The molecule has 1 rings (SSSR count). The van der Waals surface area contributed by atoms with Gasteiger partial charge in [-0.25, -0.2) is 4.21 Å². The first-order valence-corrected chi connectivity index (χ1v) is 5.53. The average Bonchev–Trinajstić information content (AvgIpc) is 2.07. The van der Waals surface area contributed by atoms with Crippen molar-refractivity contribution in [3.63, 3.8) is 0 Å². The summed E-state index contributed by atoms with van der Waals surface area (Å²) in [5.41, 5.74) is 0.501. The molecule has 0 unspecified atom stereocenters. The molecule has 0 heterocycles. The minimum Gasteiger partial charge on any atom is -0.506 e. The molecule has 3 nitrogen and oxygen atoms in total. The van der Waals surface area contributed by atoms with Gasteiger partial charge >= 0.3 is 0 Å². The summed E-state index contributed by atoms with van der Waals surface area (Å²) in [6.45, 7) is 5.61. The van der Waals surface area contributed by atoms with E-state index in [4.69, 9.17) is 0 Å². The van der Waals surface area contributed by atoms with Gasteiger partial charge in [-0.1, -0.05) is 12.1 Å². The van der Waals surface area contributed by atoms with Crippen molar-refractivity contribution in [2.45, 2.75) is 25.5 Å². The van der Waals surface area contributed by atoms with E-state index < -0.39 is 11.0 Å². The predicted octanol–water partition coefficient (Wildman–Crippen LogP) is 2.27. The van der Waals surface area contributed by atoms with Crippen LogP contribution < -0.4 is 4.72 Å². The topological polar surface area (TPSA) is 49.3 Å². The summed E-state index contributed by atoms with van der Waals surface area (Å²) in [4.78, 5) is 0. The van der Waals surface area contributed by atoms with Crippen molar-refractivity contribution in [3.05, 3.63) is 24.3 Å². The molecular weight excluding hydrogens is 198 g/mol. The lowest BCUT2D eigenvalue weighted by Crippen LogP contribution is -2.27. The number of anilines is 1. The van der Waals surface area contributed by atoms with Crippen molar-refractivity contribution in [2.24, 2.45) is 0 Å². The fourth-order valence-corrected chi connectivity index (χ4v) is 1.49. The van der Waals surface area contributed by atoms with Gasteiger partial charge in [0.15, 0.2) is 0 Å². The molecule has 0 saturated carbocycles. The van der Waals surface area contributed by atoms with E-state index >= 15 is 0 Å². The van der Waals surface area contributed by atoms with Crippen molar-refractivity contribution >= 4 is 16.7 Å². The SMILES string of the molecule is CC(C)(C)[S@](=O)Nc1ccccc1O. The number of phenolic OH excluding ortho intramolecular Hbond substituents is 1. The van der Waals surface area contributed by atoms with Gasteiger partial charge in [-0.2, -0.15) is 0 Å². The van der Waals surface area contributed by atoms with E-state index in [0.29, 0.717) is 5.69 Å². The molecule has 2 N–H and O–H groups in total. The monoisotopic (exact) mass is 213 g/mol. The number of benzene rings is 1. The van der Waals surface area contributed by atoms with Crippen LogP contribution >= 0.6 is 0 Å². The molecule has 0 aromatic heterocycles. The minimum absolute atomic E-state index is 0.116. The van der Waals surface area contributed by atoms with Gasteiger partial charge < -0.3 is 9.83 Å². The Labute approximate surface area is 86.7 Å². The van der Waals surface area contributed by atoms with Crippen molar-refractivity contribution in [3.8, 4) is 5.75 Å². The van der Waals surface area contributed by atoms with E-state index in [1.54, 1.807) is 24.3 Å². The van der Waals surface area contributed by atoms with Crippen LogP contribution in [0.5, 0.6) is 5.75 Å². The molecule has 0 aliphatic rings. The second-order valence-corrected chi connectivity index (χ2v) is 5.97. The highest BCUT2D eigenvalue weighted by atomic mass is 32.2. The molecule has 78 valence electrons. The largest absolute Gasteiger partial charge is 0.506 e. The Morgan fingerprint density at radius 1 is 1.29 bits per heavy atom. The first kappa shape index (κ1) is 11.0. The number of nitrogens with one attached hydrogen (secondary N) is 1. The summed E-state index contributed by atoms with van der Waals surface area (Å²) in [7, 11) is -1.21. The Balaban J connectivity index is 2.80. The fraction of sp³-hybridized carbons (Fsp3) is 0.400. The van der Waals surface area contributed by atoms with E-state index in [9.17, 15) is 9.32 Å². The zero-order chi connectivity index (χ0) is 10.8. The van der Waals surface area contributed by atoms with Crippen LogP contribution in [-0.2, 0) is 11.0 Å². The smallest absolute Gasteiger partial charge is 0.139 e. The quantitative estimate of drug-likeness (QED) is 0.740. The van der Waals surface area contributed by atoms with Crippen LogP contribution in [0.1, 0.15) is 20.8 Å². The molecule has 14 heavy (non-hydrogen) atoms.